The monoisotopic (exact) mass is 281 g/mol. The zero-order valence-corrected chi connectivity index (χ0v) is 11.1. The molecule has 0 bridgehead atoms. The van der Waals surface area contributed by atoms with E-state index in [-0.39, 0.29) is 18.3 Å². The number of hydrogen-bond acceptors (Lipinski definition) is 6. The molecule has 0 saturated carbocycles. The van der Waals surface area contributed by atoms with Gasteiger partial charge in [-0.05, 0) is 13.0 Å². The van der Waals surface area contributed by atoms with Gasteiger partial charge in [0.15, 0.2) is 0 Å². The Morgan fingerprint density at radius 1 is 1.60 bits per heavy atom. The summed E-state index contributed by atoms with van der Waals surface area (Å²) in [5.41, 5.74) is 0.428. The first-order valence-corrected chi connectivity index (χ1v) is 6.06. The maximum absolute atomic E-state index is 11.1. The topological polar surface area (TPSA) is 106 Å². The molecular formula is C12H15N3O5. The lowest BCUT2D eigenvalue weighted by atomic mass is 10.0. The molecule has 1 N–H and O–H groups in total. The Labute approximate surface area is 115 Å². The molecule has 8 heteroatoms. The van der Waals surface area contributed by atoms with Gasteiger partial charge in [-0.25, -0.2) is 4.98 Å². The van der Waals surface area contributed by atoms with Crippen LogP contribution in [0, 0.1) is 23.0 Å². The third-order valence-electron chi connectivity index (χ3n) is 3.49. The van der Waals surface area contributed by atoms with E-state index < -0.39 is 16.8 Å². The maximum atomic E-state index is 11.1. The van der Waals surface area contributed by atoms with Gasteiger partial charge in [-0.2, -0.15) is 0 Å². The molecular weight excluding hydrogens is 266 g/mol. The number of nitro groups is 1. The molecule has 2 heterocycles. The number of anilines is 1. The predicted molar refractivity (Wildman–Crippen MR) is 69.8 cm³/mol. The number of nitrogens with zero attached hydrogens (tertiary/aromatic N) is 3. The Bertz CT molecular complexity index is 548. The highest BCUT2D eigenvalue weighted by Gasteiger charge is 2.37. The number of aliphatic carboxylic acids is 1. The summed E-state index contributed by atoms with van der Waals surface area (Å²) in [6.07, 6.45) is 1.19. The molecule has 1 aliphatic rings. The zero-order valence-electron chi connectivity index (χ0n) is 11.1. The van der Waals surface area contributed by atoms with Gasteiger partial charge in [0, 0.05) is 12.6 Å². The van der Waals surface area contributed by atoms with E-state index in [0.29, 0.717) is 18.0 Å². The van der Waals surface area contributed by atoms with Crippen molar-refractivity contribution in [3.05, 3.63) is 27.9 Å². The first-order chi connectivity index (χ1) is 9.41. The summed E-state index contributed by atoms with van der Waals surface area (Å²) >= 11 is 0. The van der Waals surface area contributed by atoms with Crippen molar-refractivity contribution >= 4 is 17.5 Å². The number of aromatic nitrogens is 1. The number of carboxylic acids is 1. The first kappa shape index (κ1) is 14.2. The summed E-state index contributed by atoms with van der Waals surface area (Å²) in [5.74, 6) is -1.05. The Morgan fingerprint density at radius 3 is 2.85 bits per heavy atom. The van der Waals surface area contributed by atoms with Gasteiger partial charge in [-0.1, -0.05) is 0 Å². The third kappa shape index (κ3) is 2.55. The van der Waals surface area contributed by atoms with Gasteiger partial charge in [0.1, 0.15) is 17.9 Å². The molecule has 1 aromatic heterocycles. The van der Waals surface area contributed by atoms with Crippen molar-refractivity contribution in [2.45, 2.75) is 13.0 Å². The van der Waals surface area contributed by atoms with E-state index in [1.54, 1.807) is 24.9 Å². The average molecular weight is 281 g/mol. The van der Waals surface area contributed by atoms with Gasteiger partial charge in [0.2, 0.25) is 0 Å². The molecule has 1 aromatic rings. The van der Waals surface area contributed by atoms with E-state index in [4.69, 9.17) is 9.84 Å². The smallest absolute Gasteiger partial charge is 0.311 e. The van der Waals surface area contributed by atoms with Crippen LogP contribution >= 0.6 is 0 Å². The van der Waals surface area contributed by atoms with E-state index >= 15 is 0 Å². The summed E-state index contributed by atoms with van der Waals surface area (Å²) < 4.78 is 5.21. The van der Waals surface area contributed by atoms with Crippen LogP contribution in [-0.4, -0.2) is 47.3 Å². The lowest BCUT2D eigenvalue weighted by molar-refractivity contribution is -0.385. The summed E-state index contributed by atoms with van der Waals surface area (Å²) in [7, 11) is 1.71. The number of aryl methyl sites for hydroxylation is 1. The number of carbonyl (C=O) groups is 1. The normalized spacial score (nSPS) is 21.7. The zero-order chi connectivity index (χ0) is 14.9. The van der Waals surface area contributed by atoms with Gasteiger partial charge < -0.3 is 14.7 Å². The standard InChI is InChI=1S/C12H15N3O5/c1-7-3-11(13-4-9(7)15(18)19)14(2)10-6-20-5-8(10)12(16)17/h3-4,8,10H,5-6H2,1-2H3,(H,16,17). The Kier molecular flexibility index (Phi) is 3.84. The molecule has 8 nitrogen and oxygen atoms in total. The highest BCUT2D eigenvalue weighted by Crippen LogP contribution is 2.26. The van der Waals surface area contributed by atoms with E-state index in [9.17, 15) is 14.9 Å². The molecule has 108 valence electrons. The van der Waals surface area contributed by atoms with Crippen molar-refractivity contribution in [2.24, 2.45) is 5.92 Å². The highest BCUT2D eigenvalue weighted by molar-refractivity contribution is 5.72. The third-order valence-corrected chi connectivity index (χ3v) is 3.49. The molecule has 2 atom stereocenters. The van der Waals surface area contributed by atoms with Gasteiger partial charge >= 0.3 is 5.97 Å². The van der Waals surface area contributed by atoms with Crippen molar-refractivity contribution in [2.75, 3.05) is 25.2 Å². The molecule has 0 radical (unpaired) electrons. The van der Waals surface area contributed by atoms with E-state index in [2.05, 4.69) is 4.98 Å². The number of rotatable bonds is 4. The molecule has 0 amide bonds. The predicted octanol–water partition coefficient (Wildman–Crippen LogP) is 0.834. The van der Waals surface area contributed by atoms with Gasteiger partial charge in [0.05, 0.1) is 24.2 Å². The van der Waals surface area contributed by atoms with Crippen LogP contribution in [0.2, 0.25) is 0 Å². The lowest BCUT2D eigenvalue weighted by Crippen LogP contribution is -2.41. The fourth-order valence-electron chi connectivity index (χ4n) is 2.25. The fourth-order valence-corrected chi connectivity index (χ4v) is 2.25. The van der Waals surface area contributed by atoms with Crippen LogP contribution in [0.3, 0.4) is 0 Å². The number of pyridine rings is 1. The van der Waals surface area contributed by atoms with Crippen molar-refractivity contribution in [1.82, 2.24) is 4.98 Å². The highest BCUT2D eigenvalue weighted by atomic mass is 16.6. The minimum Gasteiger partial charge on any atom is -0.481 e. The molecule has 1 saturated heterocycles. The summed E-state index contributed by atoms with van der Waals surface area (Å²) in [4.78, 5) is 27.1. The van der Waals surface area contributed by atoms with Crippen LogP contribution in [0.4, 0.5) is 11.5 Å². The second-order valence-corrected chi connectivity index (χ2v) is 4.75. The number of hydrogen-bond donors (Lipinski definition) is 1. The number of likely N-dealkylation sites (N-methyl/N-ethyl adjacent to an activating group) is 1. The Morgan fingerprint density at radius 2 is 2.30 bits per heavy atom. The lowest BCUT2D eigenvalue weighted by Gasteiger charge is -2.27. The quantitative estimate of drug-likeness (QED) is 0.643. The van der Waals surface area contributed by atoms with Crippen molar-refractivity contribution in [1.29, 1.82) is 0 Å². The van der Waals surface area contributed by atoms with Crippen molar-refractivity contribution < 1.29 is 19.6 Å². The summed E-state index contributed by atoms with van der Waals surface area (Å²) in [6.45, 7) is 2.08. The van der Waals surface area contributed by atoms with E-state index in [1.807, 2.05) is 0 Å². The number of ether oxygens (including phenoxy) is 1. The average Bonchev–Trinajstić information content (AvgIpc) is 2.86. The van der Waals surface area contributed by atoms with Crippen LogP contribution < -0.4 is 4.90 Å². The SMILES string of the molecule is Cc1cc(N(C)C2COCC2C(=O)O)ncc1[N+](=O)[O-]. The summed E-state index contributed by atoms with van der Waals surface area (Å²) in [5, 5.41) is 19.9. The Hall–Kier alpha value is -2.22. The second-order valence-electron chi connectivity index (χ2n) is 4.75. The van der Waals surface area contributed by atoms with E-state index in [0.717, 1.165) is 0 Å². The van der Waals surface area contributed by atoms with Crippen LogP contribution in [0.5, 0.6) is 0 Å². The van der Waals surface area contributed by atoms with Gasteiger partial charge in [-0.15, -0.1) is 0 Å². The molecule has 1 aliphatic heterocycles. The van der Waals surface area contributed by atoms with E-state index in [1.165, 1.54) is 6.20 Å². The van der Waals surface area contributed by atoms with Crippen LogP contribution in [-0.2, 0) is 9.53 Å². The molecule has 1 fully saturated rings. The first-order valence-electron chi connectivity index (χ1n) is 6.06. The maximum Gasteiger partial charge on any atom is 0.311 e. The second kappa shape index (κ2) is 5.41. The fraction of sp³-hybridized carbons (Fsp3) is 0.500. The van der Waals surface area contributed by atoms with Crippen molar-refractivity contribution in [3.8, 4) is 0 Å². The van der Waals surface area contributed by atoms with Gasteiger partial charge in [0.25, 0.3) is 5.69 Å². The molecule has 0 spiro atoms. The molecule has 2 rings (SSSR count). The largest absolute Gasteiger partial charge is 0.481 e. The van der Waals surface area contributed by atoms with Crippen LogP contribution in [0.25, 0.3) is 0 Å². The molecule has 0 aromatic carbocycles. The Balaban J connectivity index is 2.25. The number of carboxylic acid groups (broad SMARTS) is 1. The molecule has 2 unspecified atom stereocenters. The van der Waals surface area contributed by atoms with Crippen LogP contribution in [0.1, 0.15) is 5.56 Å². The summed E-state index contributed by atoms with van der Waals surface area (Å²) in [6, 6.07) is 1.25. The molecule has 0 aliphatic carbocycles. The van der Waals surface area contributed by atoms with Crippen LogP contribution in [0.15, 0.2) is 12.3 Å². The van der Waals surface area contributed by atoms with Crippen molar-refractivity contribution in [3.63, 3.8) is 0 Å². The van der Waals surface area contributed by atoms with Gasteiger partial charge in [-0.3, -0.25) is 14.9 Å². The minimum atomic E-state index is -0.919. The molecule has 20 heavy (non-hydrogen) atoms. The minimum absolute atomic E-state index is 0.0559.